The fourth-order valence-corrected chi connectivity index (χ4v) is 2.56. The number of hydrogen-bond donors (Lipinski definition) is 1. The quantitative estimate of drug-likeness (QED) is 0.857. The van der Waals surface area contributed by atoms with Crippen molar-refractivity contribution in [3.05, 3.63) is 23.3 Å². The number of rotatable bonds is 2. The molecule has 4 heteroatoms. The Bertz CT molecular complexity index is 416. The normalized spacial score (nSPS) is 22.8. The van der Waals surface area contributed by atoms with Crippen LogP contribution in [0.4, 0.5) is 4.39 Å². The van der Waals surface area contributed by atoms with Crippen molar-refractivity contribution in [2.45, 2.75) is 32.0 Å². The molecule has 2 heterocycles. The average molecular weight is 237 g/mol. The Labute approximate surface area is 99.9 Å². The third kappa shape index (κ3) is 1.97. The van der Waals surface area contributed by atoms with E-state index < -0.39 is 6.67 Å². The van der Waals surface area contributed by atoms with Crippen LogP contribution in [-0.2, 0) is 6.67 Å². The van der Waals surface area contributed by atoms with Crippen molar-refractivity contribution in [3.63, 3.8) is 0 Å². The fraction of sp³-hybridized carbons (Fsp3) is 0.538. The molecule has 1 N–H and O–H groups in total. The van der Waals surface area contributed by atoms with Gasteiger partial charge in [-0.3, -0.25) is 0 Å². The summed E-state index contributed by atoms with van der Waals surface area (Å²) in [6.07, 6.45) is 3.45. The molecule has 0 bridgehead atoms. The van der Waals surface area contributed by atoms with Gasteiger partial charge in [0.05, 0.1) is 0 Å². The molecule has 0 aromatic heterocycles. The van der Waals surface area contributed by atoms with Crippen LogP contribution >= 0.6 is 0 Å². The number of alkyl halides is 1. The highest BCUT2D eigenvalue weighted by molar-refractivity contribution is 5.49. The molecule has 0 aliphatic carbocycles. The Morgan fingerprint density at radius 3 is 2.76 bits per heavy atom. The van der Waals surface area contributed by atoms with E-state index in [2.05, 4.69) is 5.32 Å². The maximum absolute atomic E-state index is 13.1. The number of hydrogen-bond acceptors (Lipinski definition) is 3. The van der Waals surface area contributed by atoms with Gasteiger partial charge in [0.25, 0.3) is 0 Å². The van der Waals surface area contributed by atoms with E-state index in [1.54, 1.807) is 6.07 Å². The van der Waals surface area contributed by atoms with E-state index in [9.17, 15) is 4.39 Å². The van der Waals surface area contributed by atoms with Crippen LogP contribution in [0.25, 0.3) is 0 Å². The highest BCUT2D eigenvalue weighted by atomic mass is 19.1. The minimum Gasteiger partial charge on any atom is -0.454 e. The molecule has 92 valence electrons. The molecule has 3 nitrogen and oxygen atoms in total. The zero-order valence-electron chi connectivity index (χ0n) is 9.67. The summed E-state index contributed by atoms with van der Waals surface area (Å²) in [5.41, 5.74) is 1.74. The van der Waals surface area contributed by atoms with E-state index in [0.29, 0.717) is 11.3 Å². The van der Waals surface area contributed by atoms with Crippen LogP contribution in [-0.4, -0.2) is 13.3 Å². The Morgan fingerprint density at radius 2 is 2.06 bits per heavy atom. The van der Waals surface area contributed by atoms with E-state index >= 15 is 0 Å². The lowest BCUT2D eigenvalue weighted by Gasteiger charge is -2.25. The Kier molecular flexibility index (Phi) is 2.89. The van der Waals surface area contributed by atoms with Crippen LogP contribution < -0.4 is 14.8 Å². The molecule has 17 heavy (non-hydrogen) atoms. The molecule has 1 saturated heterocycles. The van der Waals surface area contributed by atoms with Gasteiger partial charge in [0.15, 0.2) is 11.5 Å². The molecular formula is C13H16FNO2. The van der Waals surface area contributed by atoms with Crippen molar-refractivity contribution >= 4 is 0 Å². The largest absolute Gasteiger partial charge is 0.454 e. The van der Waals surface area contributed by atoms with E-state index in [-0.39, 0.29) is 12.8 Å². The first-order valence-corrected chi connectivity index (χ1v) is 6.10. The first-order valence-electron chi connectivity index (χ1n) is 6.10. The van der Waals surface area contributed by atoms with Gasteiger partial charge in [-0.2, -0.15) is 0 Å². The van der Waals surface area contributed by atoms with Crippen LogP contribution in [0.1, 0.15) is 36.4 Å². The highest BCUT2D eigenvalue weighted by Crippen LogP contribution is 2.38. The molecule has 1 aromatic rings. The second kappa shape index (κ2) is 4.53. The smallest absolute Gasteiger partial charge is 0.231 e. The summed E-state index contributed by atoms with van der Waals surface area (Å²) in [4.78, 5) is 0. The van der Waals surface area contributed by atoms with Crippen molar-refractivity contribution in [3.8, 4) is 11.5 Å². The minimum absolute atomic E-state index is 0.239. The molecule has 1 aromatic carbocycles. The van der Waals surface area contributed by atoms with Gasteiger partial charge in [-0.1, -0.05) is 6.42 Å². The van der Waals surface area contributed by atoms with Crippen LogP contribution in [0.2, 0.25) is 0 Å². The summed E-state index contributed by atoms with van der Waals surface area (Å²) in [6.45, 7) is 0.789. The number of piperidine rings is 1. The summed E-state index contributed by atoms with van der Waals surface area (Å²) in [5, 5.41) is 3.44. The van der Waals surface area contributed by atoms with Gasteiger partial charge < -0.3 is 14.8 Å². The number of benzene rings is 1. The molecule has 1 unspecified atom stereocenters. The van der Waals surface area contributed by atoms with Gasteiger partial charge in [-0.05, 0) is 42.6 Å². The predicted octanol–water partition coefficient (Wildman–Crippen LogP) is 2.70. The second-order valence-electron chi connectivity index (χ2n) is 4.54. The van der Waals surface area contributed by atoms with Gasteiger partial charge in [0.2, 0.25) is 6.79 Å². The molecule has 2 aliphatic rings. The number of halogens is 1. The minimum atomic E-state index is -0.454. The SMILES string of the molecule is FCc1cc2c(cc1C1CCCCN1)OCO2. The van der Waals surface area contributed by atoms with Crippen molar-refractivity contribution in [2.24, 2.45) is 0 Å². The molecule has 0 amide bonds. The van der Waals surface area contributed by atoms with Crippen molar-refractivity contribution in [1.82, 2.24) is 5.32 Å². The van der Waals surface area contributed by atoms with Crippen molar-refractivity contribution in [2.75, 3.05) is 13.3 Å². The van der Waals surface area contributed by atoms with Crippen molar-refractivity contribution < 1.29 is 13.9 Å². The van der Waals surface area contributed by atoms with E-state index in [4.69, 9.17) is 9.47 Å². The lowest BCUT2D eigenvalue weighted by atomic mass is 9.93. The van der Waals surface area contributed by atoms with Crippen LogP contribution in [0, 0.1) is 0 Å². The Balaban J connectivity index is 1.96. The lowest BCUT2D eigenvalue weighted by molar-refractivity contribution is 0.174. The summed E-state index contributed by atoms with van der Waals surface area (Å²) in [7, 11) is 0. The van der Waals surface area contributed by atoms with E-state index in [1.165, 1.54) is 12.8 Å². The Hall–Kier alpha value is -1.29. The summed E-state index contributed by atoms with van der Waals surface area (Å²) in [5.74, 6) is 1.40. The highest BCUT2D eigenvalue weighted by Gasteiger charge is 2.23. The monoisotopic (exact) mass is 237 g/mol. The molecule has 0 radical (unpaired) electrons. The van der Waals surface area contributed by atoms with E-state index in [0.717, 1.165) is 24.3 Å². The summed E-state index contributed by atoms with van der Waals surface area (Å²) in [6, 6.07) is 3.96. The van der Waals surface area contributed by atoms with Crippen LogP contribution in [0.5, 0.6) is 11.5 Å². The third-order valence-electron chi connectivity index (χ3n) is 3.46. The standard InChI is InChI=1S/C13H16FNO2/c14-7-9-5-12-13(17-8-16-12)6-10(9)11-3-1-2-4-15-11/h5-6,11,15H,1-4,7-8H2. The topological polar surface area (TPSA) is 30.5 Å². The van der Waals surface area contributed by atoms with Gasteiger partial charge in [-0.25, -0.2) is 4.39 Å². The van der Waals surface area contributed by atoms with Gasteiger partial charge in [-0.15, -0.1) is 0 Å². The van der Waals surface area contributed by atoms with Gasteiger partial charge in [0.1, 0.15) is 6.67 Å². The molecule has 0 spiro atoms. The Morgan fingerprint density at radius 1 is 1.24 bits per heavy atom. The number of nitrogens with one attached hydrogen (secondary N) is 1. The summed E-state index contributed by atoms with van der Waals surface area (Å²) < 4.78 is 23.7. The maximum Gasteiger partial charge on any atom is 0.231 e. The molecule has 3 rings (SSSR count). The number of fused-ring (bicyclic) bond motifs is 1. The molecule has 0 saturated carbocycles. The van der Waals surface area contributed by atoms with E-state index in [1.807, 2.05) is 6.07 Å². The molecular weight excluding hydrogens is 221 g/mol. The maximum atomic E-state index is 13.1. The van der Waals surface area contributed by atoms with Crippen LogP contribution in [0.3, 0.4) is 0 Å². The van der Waals surface area contributed by atoms with Crippen molar-refractivity contribution in [1.29, 1.82) is 0 Å². The van der Waals surface area contributed by atoms with Gasteiger partial charge in [0, 0.05) is 6.04 Å². The lowest BCUT2D eigenvalue weighted by Crippen LogP contribution is -2.27. The third-order valence-corrected chi connectivity index (χ3v) is 3.46. The second-order valence-corrected chi connectivity index (χ2v) is 4.54. The zero-order chi connectivity index (χ0) is 11.7. The first-order chi connectivity index (χ1) is 8.38. The predicted molar refractivity (Wildman–Crippen MR) is 62.0 cm³/mol. The molecule has 1 atom stereocenters. The summed E-state index contributed by atoms with van der Waals surface area (Å²) >= 11 is 0. The zero-order valence-corrected chi connectivity index (χ0v) is 9.67. The first kappa shape index (κ1) is 10.8. The van der Waals surface area contributed by atoms with Crippen LogP contribution in [0.15, 0.2) is 12.1 Å². The average Bonchev–Trinajstić information content (AvgIpc) is 2.85. The number of ether oxygens (including phenoxy) is 2. The molecule has 1 fully saturated rings. The molecule has 2 aliphatic heterocycles. The fourth-order valence-electron chi connectivity index (χ4n) is 2.56. The van der Waals surface area contributed by atoms with Gasteiger partial charge >= 0.3 is 0 Å².